The Morgan fingerprint density at radius 2 is 1.23 bits per heavy atom. The number of hydrogen-bond acceptors (Lipinski definition) is 2. The van der Waals surface area contributed by atoms with Gasteiger partial charge in [0, 0.05) is 17.5 Å². The van der Waals surface area contributed by atoms with Gasteiger partial charge in [0.05, 0.1) is 0 Å². The average molecular weight is 340 g/mol. The number of carbonyl (C=O) groups is 2. The van der Waals surface area contributed by atoms with Gasteiger partial charge in [-0.1, -0.05) is 30.8 Å². The molecule has 0 radical (unpaired) electrons. The standard InChI is InChI=1S/C24H20O2/c1-13-11-19(25)23-17-7-3-15(21(13)23)5-9-18-8-4-16(6-10-17)22-14(2)12-20(26)24(18)22/h3-4,7-8,12H,1,5-6,9-11H2,2H3. The third-order valence-electron chi connectivity index (χ3n) is 6.08. The van der Waals surface area contributed by atoms with E-state index in [1.807, 2.05) is 6.92 Å². The highest BCUT2D eigenvalue weighted by molar-refractivity contribution is 6.17. The Bertz CT molecular complexity index is 1050. The zero-order chi connectivity index (χ0) is 18.0. The maximum absolute atomic E-state index is 12.6. The molecule has 0 aromatic heterocycles. The highest BCUT2D eigenvalue weighted by Crippen LogP contribution is 2.39. The Morgan fingerprint density at radius 3 is 1.85 bits per heavy atom. The fourth-order valence-corrected chi connectivity index (χ4v) is 4.92. The third kappa shape index (κ3) is 2.05. The molecule has 2 nitrogen and oxygen atoms in total. The highest BCUT2D eigenvalue weighted by atomic mass is 16.1. The average Bonchev–Trinajstić information content (AvgIpc) is 3.07. The fraction of sp³-hybridized carbons (Fsp3) is 0.250. The first kappa shape index (κ1) is 15.5. The molecule has 0 atom stereocenters. The molecule has 4 aliphatic rings. The minimum Gasteiger partial charge on any atom is -0.294 e. The Balaban J connectivity index is 1.71. The molecule has 0 spiro atoms. The topological polar surface area (TPSA) is 34.1 Å². The van der Waals surface area contributed by atoms with Gasteiger partial charge in [0.2, 0.25) is 0 Å². The quantitative estimate of drug-likeness (QED) is 0.692. The Morgan fingerprint density at radius 1 is 0.731 bits per heavy atom. The van der Waals surface area contributed by atoms with Crippen molar-refractivity contribution in [1.82, 2.24) is 0 Å². The molecule has 4 bridgehead atoms. The van der Waals surface area contributed by atoms with Gasteiger partial charge in [0.25, 0.3) is 0 Å². The smallest absolute Gasteiger partial charge is 0.187 e. The van der Waals surface area contributed by atoms with Gasteiger partial charge in [-0.05, 0) is 83.2 Å². The van der Waals surface area contributed by atoms with Gasteiger partial charge in [-0.25, -0.2) is 0 Å². The second-order valence-electron chi connectivity index (χ2n) is 7.66. The number of carbonyl (C=O) groups excluding carboxylic acids is 2. The molecule has 2 heteroatoms. The van der Waals surface area contributed by atoms with Crippen molar-refractivity contribution in [2.75, 3.05) is 0 Å². The number of aryl methyl sites for hydroxylation is 4. The molecule has 0 heterocycles. The zero-order valence-electron chi connectivity index (χ0n) is 14.9. The highest BCUT2D eigenvalue weighted by Gasteiger charge is 2.30. The second kappa shape index (κ2) is 5.38. The Kier molecular flexibility index (Phi) is 3.21. The molecule has 2 aromatic rings. The van der Waals surface area contributed by atoms with Crippen LogP contribution in [-0.2, 0) is 25.7 Å². The van der Waals surface area contributed by atoms with Crippen LogP contribution in [0, 0.1) is 0 Å². The lowest BCUT2D eigenvalue weighted by Gasteiger charge is -2.18. The first-order chi connectivity index (χ1) is 12.5. The minimum absolute atomic E-state index is 0.144. The molecule has 0 N–H and O–H groups in total. The molecule has 6 rings (SSSR count). The summed E-state index contributed by atoms with van der Waals surface area (Å²) >= 11 is 0. The Hall–Kier alpha value is -2.74. The molecule has 26 heavy (non-hydrogen) atoms. The molecule has 0 saturated heterocycles. The van der Waals surface area contributed by atoms with Crippen molar-refractivity contribution in [2.24, 2.45) is 0 Å². The summed E-state index contributed by atoms with van der Waals surface area (Å²) < 4.78 is 0. The molecule has 0 amide bonds. The molecule has 128 valence electrons. The van der Waals surface area contributed by atoms with E-state index in [4.69, 9.17) is 0 Å². The summed E-state index contributed by atoms with van der Waals surface area (Å²) in [6.07, 6.45) is 5.51. The first-order valence-corrected chi connectivity index (χ1v) is 9.28. The molecule has 2 aromatic carbocycles. The number of allylic oxidation sites excluding steroid dienone is 3. The van der Waals surface area contributed by atoms with Crippen molar-refractivity contribution in [2.45, 2.75) is 39.0 Å². The van der Waals surface area contributed by atoms with Crippen molar-refractivity contribution in [3.8, 4) is 0 Å². The third-order valence-corrected chi connectivity index (χ3v) is 6.08. The SMILES string of the molecule is C=C1CC(=O)c2c3ccc(c21)CCc1ccc(c2c1C(=O)C=C2C)CC3. The maximum Gasteiger partial charge on any atom is 0.187 e. The van der Waals surface area contributed by atoms with Crippen LogP contribution in [0.4, 0.5) is 0 Å². The predicted octanol–water partition coefficient (Wildman–Crippen LogP) is 4.77. The summed E-state index contributed by atoms with van der Waals surface area (Å²) in [6, 6.07) is 8.61. The van der Waals surface area contributed by atoms with E-state index in [0.29, 0.717) is 6.42 Å². The van der Waals surface area contributed by atoms with Crippen LogP contribution in [0.15, 0.2) is 36.9 Å². The van der Waals surface area contributed by atoms with Crippen molar-refractivity contribution >= 4 is 22.7 Å². The summed E-state index contributed by atoms with van der Waals surface area (Å²) in [7, 11) is 0. The van der Waals surface area contributed by atoms with Gasteiger partial charge in [-0.3, -0.25) is 9.59 Å². The van der Waals surface area contributed by atoms with Gasteiger partial charge in [0.1, 0.15) is 0 Å². The normalized spacial score (nSPS) is 17.9. The molecule has 0 unspecified atom stereocenters. The van der Waals surface area contributed by atoms with Crippen LogP contribution < -0.4 is 0 Å². The van der Waals surface area contributed by atoms with E-state index in [1.165, 1.54) is 11.1 Å². The number of Topliss-reactive ketones (excluding diaryl/α,β-unsaturated/α-hetero) is 1. The summed E-state index contributed by atoms with van der Waals surface area (Å²) in [6.45, 7) is 6.18. The molecule has 4 aliphatic carbocycles. The van der Waals surface area contributed by atoms with Crippen LogP contribution in [0.25, 0.3) is 11.1 Å². The molecule has 0 aliphatic heterocycles. The van der Waals surface area contributed by atoms with Crippen molar-refractivity contribution in [1.29, 1.82) is 0 Å². The Labute approximate surface area is 153 Å². The monoisotopic (exact) mass is 340 g/mol. The van der Waals surface area contributed by atoms with Gasteiger partial charge >= 0.3 is 0 Å². The van der Waals surface area contributed by atoms with Gasteiger partial charge in [-0.2, -0.15) is 0 Å². The summed E-state index contributed by atoms with van der Waals surface area (Å²) in [5, 5.41) is 0. The van der Waals surface area contributed by atoms with E-state index >= 15 is 0 Å². The van der Waals surface area contributed by atoms with Gasteiger partial charge in [-0.15, -0.1) is 0 Å². The maximum atomic E-state index is 12.6. The van der Waals surface area contributed by atoms with E-state index < -0.39 is 0 Å². The molecular formula is C24H20O2. The summed E-state index contributed by atoms with van der Waals surface area (Å²) in [5.41, 5.74) is 10.7. The van der Waals surface area contributed by atoms with Crippen LogP contribution >= 0.6 is 0 Å². The lowest BCUT2D eigenvalue weighted by atomic mass is 9.85. The first-order valence-electron chi connectivity index (χ1n) is 9.28. The van der Waals surface area contributed by atoms with Crippen molar-refractivity contribution < 1.29 is 9.59 Å². The number of rotatable bonds is 0. The lowest BCUT2D eigenvalue weighted by molar-refractivity contribution is 0.100. The lowest BCUT2D eigenvalue weighted by Crippen LogP contribution is -2.10. The molecule has 0 fully saturated rings. The largest absolute Gasteiger partial charge is 0.294 e. The van der Waals surface area contributed by atoms with Gasteiger partial charge < -0.3 is 0 Å². The molecule has 0 saturated carbocycles. The second-order valence-corrected chi connectivity index (χ2v) is 7.66. The number of benzene rings is 2. The van der Waals surface area contributed by atoms with Crippen LogP contribution in [0.5, 0.6) is 0 Å². The van der Waals surface area contributed by atoms with Gasteiger partial charge in [0.15, 0.2) is 11.6 Å². The summed E-state index contributed by atoms with van der Waals surface area (Å²) in [4.78, 5) is 25.2. The summed E-state index contributed by atoms with van der Waals surface area (Å²) in [5.74, 6) is 0.356. The minimum atomic E-state index is 0.144. The number of fused-ring (bicyclic) bond motifs is 4. The van der Waals surface area contributed by atoms with E-state index in [1.54, 1.807) is 6.08 Å². The number of ketones is 2. The van der Waals surface area contributed by atoms with Crippen LogP contribution in [0.3, 0.4) is 0 Å². The van der Waals surface area contributed by atoms with Crippen LogP contribution in [0.1, 0.15) is 67.4 Å². The van der Waals surface area contributed by atoms with E-state index in [2.05, 4.69) is 30.8 Å². The number of hydrogen-bond donors (Lipinski definition) is 0. The zero-order valence-corrected chi connectivity index (χ0v) is 14.9. The van der Waals surface area contributed by atoms with E-state index in [9.17, 15) is 9.59 Å². The van der Waals surface area contributed by atoms with Crippen LogP contribution in [-0.4, -0.2) is 11.6 Å². The van der Waals surface area contributed by atoms with Crippen molar-refractivity contribution in [3.63, 3.8) is 0 Å². The predicted molar refractivity (Wildman–Crippen MR) is 104 cm³/mol. The van der Waals surface area contributed by atoms with Crippen LogP contribution in [0.2, 0.25) is 0 Å². The fourth-order valence-electron chi connectivity index (χ4n) is 4.92. The van der Waals surface area contributed by atoms with E-state index in [-0.39, 0.29) is 11.6 Å². The van der Waals surface area contributed by atoms with E-state index in [0.717, 1.165) is 70.2 Å². The molecular weight excluding hydrogens is 320 g/mol. The van der Waals surface area contributed by atoms with Crippen molar-refractivity contribution in [3.05, 3.63) is 81.4 Å².